The van der Waals surface area contributed by atoms with Crippen LogP contribution in [0.2, 0.25) is 0 Å². The summed E-state index contributed by atoms with van der Waals surface area (Å²) in [6.07, 6.45) is 0.661. The topological polar surface area (TPSA) is 149 Å². The second-order valence-electron chi connectivity index (χ2n) is 7.95. The summed E-state index contributed by atoms with van der Waals surface area (Å²) in [5.41, 5.74) is 19.3. The first-order valence-corrected chi connectivity index (χ1v) is 9.62. The van der Waals surface area contributed by atoms with Crippen molar-refractivity contribution in [3.05, 3.63) is 41.0 Å². The van der Waals surface area contributed by atoms with Crippen molar-refractivity contribution in [3.8, 4) is 0 Å². The number of esters is 1. The Kier molecular flexibility index (Phi) is 7.58. The largest absolute Gasteiger partial charge is 0.456 e. The third-order valence-corrected chi connectivity index (χ3v) is 4.52. The molecule has 0 saturated carbocycles. The molecule has 2 aromatic rings. The third-order valence-electron chi connectivity index (χ3n) is 4.52. The second-order valence-corrected chi connectivity index (χ2v) is 7.95. The first-order valence-electron chi connectivity index (χ1n) is 9.62. The molecule has 0 fully saturated rings. The van der Waals surface area contributed by atoms with E-state index < -0.39 is 11.9 Å². The summed E-state index contributed by atoms with van der Waals surface area (Å²) >= 11 is 0. The van der Waals surface area contributed by atoms with Crippen LogP contribution in [0.3, 0.4) is 0 Å². The Labute approximate surface area is 176 Å². The number of hydrogen-bond acceptors (Lipinski definition) is 9. The maximum Gasteiger partial charge on any atom is 0.338 e. The molecule has 30 heavy (non-hydrogen) atoms. The van der Waals surface area contributed by atoms with Crippen LogP contribution < -0.4 is 17.2 Å². The van der Waals surface area contributed by atoms with Crippen molar-refractivity contribution in [1.29, 1.82) is 0 Å². The van der Waals surface area contributed by atoms with Gasteiger partial charge in [0.25, 0.3) is 0 Å². The average Bonchev–Trinajstić information content (AvgIpc) is 2.64. The number of methoxy groups -OCH3 is 2. The molecule has 1 atom stereocenters. The Morgan fingerprint density at radius 2 is 1.53 bits per heavy atom. The maximum absolute atomic E-state index is 12.2. The number of hydrogen-bond donors (Lipinski definition) is 3. The lowest BCUT2D eigenvalue weighted by Crippen LogP contribution is -2.26. The zero-order chi connectivity index (χ0) is 22.5. The lowest BCUT2D eigenvalue weighted by atomic mass is 9.91. The Hall–Kier alpha value is -2.91. The van der Waals surface area contributed by atoms with Gasteiger partial charge in [0, 0.05) is 25.7 Å². The highest BCUT2D eigenvalue weighted by atomic mass is 16.7. The minimum atomic E-state index is -0.595. The molecule has 0 aliphatic rings. The molecule has 9 nitrogen and oxygen atoms in total. The van der Waals surface area contributed by atoms with Gasteiger partial charge < -0.3 is 31.4 Å². The molecule has 0 aliphatic heterocycles. The average molecular weight is 418 g/mol. The summed E-state index contributed by atoms with van der Waals surface area (Å²) in [5, 5.41) is 0. The summed E-state index contributed by atoms with van der Waals surface area (Å²) in [7, 11) is 3.09. The van der Waals surface area contributed by atoms with Crippen molar-refractivity contribution in [1.82, 2.24) is 9.97 Å². The summed E-state index contributed by atoms with van der Waals surface area (Å²) < 4.78 is 16.3. The first kappa shape index (κ1) is 23.4. The number of nitrogen functional groups attached to an aromatic ring is 3. The summed E-state index contributed by atoms with van der Waals surface area (Å²) in [6.45, 7) is 5.50. The third kappa shape index (κ3) is 6.04. The van der Waals surface area contributed by atoms with Gasteiger partial charge in [0.1, 0.15) is 17.2 Å². The van der Waals surface area contributed by atoms with E-state index in [4.69, 9.17) is 31.4 Å². The van der Waals surface area contributed by atoms with Gasteiger partial charge >= 0.3 is 5.97 Å². The first-order chi connectivity index (χ1) is 14.1. The number of aryl methyl sites for hydroxylation is 1. The van der Waals surface area contributed by atoms with Crippen LogP contribution in [-0.4, -0.2) is 42.0 Å². The lowest BCUT2D eigenvalue weighted by molar-refractivity contribution is -0.119. The monoisotopic (exact) mass is 417 g/mol. The van der Waals surface area contributed by atoms with Crippen molar-refractivity contribution in [2.24, 2.45) is 0 Å². The summed E-state index contributed by atoms with van der Waals surface area (Å²) in [4.78, 5) is 20.2. The van der Waals surface area contributed by atoms with Crippen molar-refractivity contribution in [2.75, 3.05) is 31.4 Å². The van der Waals surface area contributed by atoms with Gasteiger partial charge in [-0.3, -0.25) is 0 Å². The van der Waals surface area contributed by atoms with E-state index in [1.54, 1.807) is 26.4 Å². The summed E-state index contributed by atoms with van der Waals surface area (Å²) in [5.74, 6) is -0.262. The van der Waals surface area contributed by atoms with Crippen LogP contribution in [0, 0.1) is 0 Å². The van der Waals surface area contributed by atoms with E-state index in [2.05, 4.69) is 9.97 Å². The Morgan fingerprint density at radius 3 is 2.00 bits per heavy atom. The van der Waals surface area contributed by atoms with E-state index in [0.717, 1.165) is 5.56 Å². The SMILES string of the molecule is COC(OC)C(CCc1ccc(C(=O)OC(C)(C)C)cc1)c1c(N)nc(N)nc1N. The number of benzene rings is 1. The van der Waals surface area contributed by atoms with Gasteiger partial charge in [-0.05, 0) is 51.3 Å². The number of carbonyl (C=O) groups excluding carboxylic acids is 1. The molecular weight excluding hydrogens is 386 g/mol. The highest BCUT2D eigenvalue weighted by Crippen LogP contribution is 2.34. The van der Waals surface area contributed by atoms with Crippen LogP contribution in [0.5, 0.6) is 0 Å². The van der Waals surface area contributed by atoms with E-state index in [1.165, 1.54) is 0 Å². The van der Waals surface area contributed by atoms with Crippen LogP contribution in [0.1, 0.15) is 54.6 Å². The molecule has 1 heterocycles. The predicted octanol–water partition coefficient (Wildman–Crippen LogP) is 2.51. The minimum absolute atomic E-state index is 0.0108. The van der Waals surface area contributed by atoms with Crippen LogP contribution in [-0.2, 0) is 20.6 Å². The number of carbonyl (C=O) groups is 1. The van der Waals surface area contributed by atoms with Gasteiger partial charge in [-0.25, -0.2) is 4.79 Å². The molecule has 0 aliphatic carbocycles. The summed E-state index contributed by atoms with van der Waals surface area (Å²) in [6, 6.07) is 7.27. The van der Waals surface area contributed by atoms with Crippen molar-refractivity contribution < 1.29 is 19.0 Å². The number of nitrogens with two attached hydrogens (primary N) is 3. The molecule has 6 N–H and O–H groups in total. The minimum Gasteiger partial charge on any atom is -0.456 e. The lowest BCUT2D eigenvalue weighted by Gasteiger charge is -2.26. The van der Waals surface area contributed by atoms with E-state index in [9.17, 15) is 4.79 Å². The number of ether oxygens (including phenoxy) is 3. The number of nitrogens with zero attached hydrogens (tertiary/aromatic N) is 2. The van der Waals surface area contributed by atoms with Gasteiger partial charge in [0.15, 0.2) is 6.29 Å². The molecule has 0 saturated heterocycles. The fourth-order valence-electron chi connectivity index (χ4n) is 3.21. The van der Waals surface area contributed by atoms with Gasteiger partial charge in [0.2, 0.25) is 5.95 Å². The van der Waals surface area contributed by atoms with Crippen LogP contribution in [0.4, 0.5) is 17.6 Å². The fourth-order valence-corrected chi connectivity index (χ4v) is 3.21. The molecule has 2 rings (SSSR count). The molecule has 0 radical (unpaired) electrons. The molecule has 9 heteroatoms. The molecule has 1 aromatic carbocycles. The normalized spacial score (nSPS) is 12.7. The molecule has 1 aromatic heterocycles. The van der Waals surface area contributed by atoms with Gasteiger partial charge in [0.05, 0.1) is 5.56 Å². The molecule has 1 unspecified atom stereocenters. The smallest absolute Gasteiger partial charge is 0.338 e. The van der Waals surface area contributed by atoms with Gasteiger partial charge in [-0.1, -0.05) is 12.1 Å². The van der Waals surface area contributed by atoms with E-state index >= 15 is 0 Å². The maximum atomic E-state index is 12.2. The highest BCUT2D eigenvalue weighted by Gasteiger charge is 2.28. The van der Waals surface area contributed by atoms with Crippen molar-refractivity contribution in [3.63, 3.8) is 0 Å². The van der Waals surface area contributed by atoms with Crippen LogP contribution in [0.15, 0.2) is 24.3 Å². The standard InChI is InChI=1S/C21H31N5O4/c1-21(2,3)30-18(27)13-9-6-12(7-10-13)8-11-14(19(28-4)29-5)15-16(22)25-20(24)26-17(15)23/h6-7,9-10,14,19H,8,11H2,1-5H3,(H6,22,23,24,25,26). The number of rotatable bonds is 8. The predicted molar refractivity (Wildman–Crippen MR) is 116 cm³/mol. The van der Waals surface area contributed by atoms with E-state index in [0.29, 0.717) is 24.0 Å². The van der Waals surface area contributed by atoms with E-state index in [1.807, 2.05) is 32.9 Å². The molecule has 0 spiro atoms. The quantitative estimate of drug-likeness (QED) is 0.435. The van der Waals surface area contributed by atoms with Gasteiger partial charge in [-0.15, -0.1) is 0 Å². The Balaban J connectivity index is 2.19. The van der Waals surface area contributed by atoms with E-state index in [-0.39, 0.29) is 29.5 Å². The zero-order valence-corrected chi connectivity index (χ0v) is 18.1. The molecule has 164 valence electrons. The Bertz CT molecular complexity index is 838. The molecular formula is C21H31N5O4. The highest BCUT2D eigenvalue weighted by molar-refractivity contribution is 5.89. The van der Waals surface area contributed by atoms with Gasteiger partial charge in [-0.2, -0.15) is 9.97 Å². The molecule has 0 bridgehead atoms. The zero-order valence-electron chi connectivity index (χ0n) is 18.1. The van der Waals surface area contributed by atoms with Crippen molar-refractivity contribution >= 4 is 23.6 Å². The van der Waals surface area contributed by atoms with Crippen molar-refractivity contribution in [2.45, 2.75) is 51.4 Å². The van der Waals surface area contributed by atoms with Crippen LogP contribution >= 0.6 is 0 Å². The molecule has 0 amide bonds. The Morgan fingerprint density at radius 1 is 1.00 bits per heavy atom. The fraction of sp³-hybridized carbons (Fsp3) is 0.476. The number of aromatic nitrogens is 2. The number of anilines is 3. The second kappa shape index (κ2) is 9.73. The van der Waals surface area contributed by atoms with Crippen LogP contribution in [0.25, 0.3) is 0 Å².